The quantitative estimate of drug-likeness (QED) is 0.268. The highest BCUT2D eigenvalue weighted by Gasteiger charge is 2.11. The Kier molecular flexibility index (Phi) is 2.36. The minimum absolute atomic E-state index is 0.161. The van der Waals surface area contributed by atoms with E-state index in [4.69, 9.17) is 10.8 Å². The SMILES string of the molecule is Nc1c(O)cc([N+](=O)[O-])cc1I. The highest BCUT2D eigenvalue weighted by atomic mass is 127. The fraction of sp³-hybridized carbons (Fsp3) is 0. The molecule has 1 aromatic rings. The lowest BCUT2D eigenvalue weighted by Crippen LogP contribution is -1.93. The molecule has 1 aromatic carbocycles. The predicted molar refractivity (Wildman–Crippen MR) is 51.9 cm³/mol. The molecule has 0 amide bonds. The third-order valence-corrected chi connectivity index (χ3v) is 2.20. The van der Waals surface area contributed by atoms with Crippen LogP contribution in [-0.4, -0.2) is 10.0 Å². The molecule has 64 valence electrons. The molecule has 3 N–H and O–H groups in total. The molecule has 0 spiro atoms. The van der Waals surface area contributed by atoms with E-state index >= 15 is 0 Å². The van der Waals surface area contributed by atoms with Crippen molar-refractivity contribution in [1.82, 2.24) is 0 Å². The monoisotopic (exact) mass is 280 g/mol. The first-order valence-electron chi connectivity index (χ1n) is 2.94. The summed E-state index contributed by atoms with van der Waals surface area (Å²) in [6.45, 7) is 0. The largest absolute Gasteiger partial charge is 0.505 e. The lowest BCUT2D eigenvalue weighted by Gasteiger charge is -2.00. The number of benzene rings is 1. The second-order valence-electron chi connectivity index (χ2n) is 2.12. The molecule has 0 aliphatic carbocycles. The van der Waals surface area contributed by atoms with Crippen LogP contribution in [0.2, 0.25) is 0 Å². The van der Waals surface area contributed by atoms with Gasteiger partial charge in [-0.25, -0.2) is 0 Å². The number of nitrogens with two attached hydrogens (primary N) is 1. The summed E-state index contributed by atoms with van der Waals surface area (Å²) in [5.41, 5.74) is 5.38. The van der Waals surface area contributed by atoms with Gasteiger partial charge in [0, 0.05) is 9.64 Å². The van der Waals surface area contributed by atoms with E-state index in [2.05, 4.69) is 0 Å². The normalized spacial score (nSPS) is 9.75. The second kappa shape index (κ2) is 3.13. The summed E-state index contributed by atoms with van der Waals surface area (Å²) in [6.07, 6.45) is 0. The number of halogens is 1. The molecule has 0 heterocycles. The molecule has 5 nitrogen and oxygen atoms in total. The number of hydrogen-bond acceptors (Lipinski definition) is 4. The van der Waals surface area contributed by atoms with Gasteiger partial charge in [-0.15, -0.1) is 0 Å². The molecule has 0 fully saturated rings. The zero-order chi connectivity index (χ0) is 9.30. The first-order chi connectivity index (χ1) is 5.52. The van der Waals surface area contributed by atoms with Crippen molar-refractivity contribution in [3.8, 4) is 5.75 Å². The summed E-state index contributed by atoms with van der Waals surface area (Å²) in [5, 5.41) is 19.4. The Balaban J connectivity index is 3.31. The summed E-state index contributed by atoms with van der Waals surface area (Å²) in [7, 11) is 0. The summed E-state index contributed by atoms with van der Waals surface area (Å²) < 4.78 is 0.472. The van der Waals surface area contributed by atoms with E-state index in [1.807, 2.05) is 22.6 Å². The molecular formula is C6H5IN2O3. The number of nitro groups is 1. The Morgan fingerprint density at radius 2 is 2.17 bits per heavy atom. The van der Waals surface area contributed by atoms with Crippen molar-refractivity contribution >= 4 is 34.0 Å². The van der Waals surface area contributed by atoms with Crippen LogP contribution in [0, 0.1) is 13.7 Å². The predicted octanol–water partition coefficient (Wildman–Crippen LogP) is 1.49. The molecule has 12 heavy (non-hydrogen) atoms. The highest BCUT2D eigenvalue weighted by molar-refractivity contribution is 14.1. The third-order valence-electron chi connectivity index (χ3n) is 1.30. The van der Waals surface area contributed by atoms with Crippen LogP contribution in [-0.2, 0) is 0 Å². The zero-order valence-electron chi connectivity index (χ0n) is 5.82. The molecule has 0 aliphatic heterocycles. The van der Waals surface area contributed by atoms with Gasteiger partial charge in [-0.3, -0.25) is 10.1 Å². The summed E-state index contributed by atoms with van der Waals surface area (Å²) >= 11 is 1.82. The number of non-ortho nitro benzene ring substituents is 1. The Bertz CT molecular complexity index is 317. The highest BCUT2D eigenvalue weighted by Crippen LogP contribution is 2.30. The Hall–Kier alpha value is -1.05. The molecule has 1 rings (SSSR count). The van der Waals surface area contributed by atoms with E-state index in [0.717, 1.165) is 6.07 Å². The number of anilines is 1. The smallest absolute Gasteiger partial charge is 0.274 e. The Labute approximate surface area is 81.5 Å². The van der Waals surface area contributed by atoms with Crippen molar-refractivity contribution < 1.29 is 10.0 Å². The molecule has 0 radical (unpaired) electrons. The Morgan fingerprint density at radius 1 is 1.58 bits per heavy atom. The molecular weight excluding hydrogens is 275 g/mol. The molecule has 0 aromatic heterocycles. The number of nitrogens with zero attached hydrogens (tertiary/aromatic N) is 1. The van der Waals surface area contributed by atoms with E-state index in [9.17, 15) is 10.1 Å². The van der Waals surface area contributed by atoms with Crippen molar-refractivity contribution in [3.63, 3.8) is 0 Å². The van der Waals surface area contributed by atoms with Gasteiger partial charge in [0.15, 0.2) is 0 Å². The minimum Gasteiger partial charge on any atom is -0.505 e. The fourth-order valence-electron chi connectivity index (χ4n) is 0.695. The molecule has 0 atom stereocenters. The number of rotatable bonds is 1. The van der Waals surface area contributed by atoms with Gasteiger partial charge >= 0.3 is 0 Å². The summed E-state index contributed by atoms with van der Waals surface area (Å²) in [5.74, 6) is -0.256. The van der Waals surface area contributed by atoms with Gasteiger partial charge < -0.3 is 10.8 Å². The summed E-state index contributed by atoms with van der Waals surface area (Å²) in [6, 6.07) is 2.33. The lowest BCUT2D eigenvalue weighted by molar-refractivity contribution is -0.385. The van der Waals surface area contributed by atoms with Crippen LogP contribution >= 0.6 is 22.6 Å². The van der Waals surface area contributed by atoms with Gasteiger partial charge in [-0.1, -0.05) is 0 Å². The number of phenolic OH excluding ortho intramolecular Hbond substituents is 1. The van der Waals surface area contributed by atoms with E-state index in [0.29, 0.717) is 3.57 Å². The molecule has 0 aliphatic rings. The lowest BCUT2D eigenvalue weighted by atomic mass is 10.2. The van der Waals surface area contributed by atoms with Gasteiger partial charge in [0.05, 0.1) is 16.7 Å². The average molecular weight is 280 g/mol. The molecule has 0 saturated heterocycles. The number of hydrogen-bond donors (Lipinski definition) is 2. The van der Waals surface area contributed by atoms with Crippen LogP contribution in [0.3, 0.4) is 0 Å². The standard InChI is InChI=1S/C6H5IN2O3/c7-4-1-3(9(11)12)2-5(10)6(4)8/h1-2,10H,8H2. The van der Waals surface area contributed by atoms with Crippen LogP contribution < -0.4 is 5.73 Å². The van der Waals surface area contributed by atoms with Crippen LogP contribution in [0.5, 0.6) is 5.75 Å². The van der Waals surface area contributed by atoms with E-state index in [-0.39, 0.29) is 17.1 Å². The summed E-state index contributed by atoms with van der Waals surface area (Å²) in [4.78, 5) is 9.68. The van der Waals surface area contributed by atoms with Crippen LogP contribution in [0.1, 0.15) is 0 Å². The van der Waals surface area contributed by atoms with Crippen LogP contribution in [0.15, 0.2) is 12.1 Å². The van der Waals surface area contributed by atoms with E-state index < -0.39 is 4.92 Å². The van der Waals surface area contributed by atoms with Crippen molar-refractivity contribution in [2.45, 2.75) is 0 Å². The molecule has 0 saturated carbocycles. The van der Waals surface area contributed by atoms with Gasteiger partial charge in [0.1, 0.15) is 5.75 Å². The van der Waals surface area contributed by atoms with Crippen molar-refractivity contribution in [1.29, 1.82) is 0 Å². The second-order valence-corrected chi connectivity index (χ2v) is 3.28. The van der Waals surface area contributed by atoms with E-state index in [1.54, 1.807) is 0 Å². The molecule has 0 unspecified atom stereocenters. The van der Waals surface area contributed by atoms with E-state index in [1.165, 1.54) is 6.07 Å². The third kappa shape index (κ3) is 1.58. The van der Waals surface area contributed by atoms with Gasteiger partial charge in [-0.05, 0) is 22.6 Å². The molecule has 6 heteroatoms. The first kappa shape index (κ1) is 9.04. The van der Waals surface area contributed by atoms with Gasteiger partial charge in [0.2, 0.25) is 0 Å². The number of aromatic hydroxyl groups is 1. The average Bonchev–Trinajstić information content (AvgIpc) is 1.99. The van der Waals surface area contributed by atoms with Crippen molar-refractivity contribution in [3.05, 3.63) is 25.8 Å². The fourth-order valence-corrected chi connectivity index (χ4v) is 1.29. The van der Waals surface area contributed by atoms with Gasteiger partial charge in [0.25, 0.3) is 5.69 Å². The van der Waals surface area contributed by atoms with Crippen molar-refractivity contribution in [2.75, 3.05) is 5.73 Å². The molecule has 0 bridgehead atoms. The first-order valence-corrected chi connectivity index (χ1v) is 4.02. The van der Waals surface area contributed by atoms with Crippen LogP contribution in [0.4, 0.5) is 11.4 Å². The van der Waals surface area contributed by atoms with Crippen molar-refractivity contribution in [2.24, 2.45) is 0 Å². The number of nitrogen functional groups attached to an aromatic ring is 1. The maximum Gasteiger partial charge on any atom is 0.274 e. The number of phenols is 1. The number of nitro benzene ring substituents is 1. The van der Waals surface area contributed by atoms with Gasteiger partial charge in [-0.2, -0.15) is 0 Å². The van der Waals surface area contributed by atoms with Crippen LogP contribution in [0.25, 0.3) is 0 Å². The minimum atomic E-state index is -0.582. The topological polar surface area (TPSA) is 89.4 Å². The Morgan fingerprint density at radius 3 is 2.58 bits per heavy atom. The zero-order valence-corrected chi connectivity index (χ0v) is 7.98. The maximum absolute atomic E-state index is 10.3. The maximum atomic E-state index is 10.3.